The Balaban J connectivity index is 2.42. The molecule has 0 amide bonds. The molecule has 19 heavy (non-hydrogen) atoms. The summed E-state index contributed by atoms with van der Waals surface area (Å²) in [6, 6.07) is 12.0. The van der Waals surface area contributed by atoms with Crippen molar-refractivity contribution in [3.63, 3.8) is 0 Å². The Morgan fingerprint density at radius 3 is 1.47 bits per heavy atom. The smallest absolute Gasteiger partial charge is 0.142 e. The van der Waals surface area contributed by atoms with Gasteiger partial charge in [-0.25, -0.2) is 0 Å². The lowest BCUT2D eigenvalue weighted by Crippen LogP contribution is -1.97. The van der Waals surface area contributed by atoms with Crippen LogP contribution in [0.1, 0.15) is 0 Å². The molecular weight excluding hydrogens is 288 g/mol. The van der Waals surface area contributed by atoms with E-state index >= 15 is 0 Å². The van der Waals surface area contributed by atoms with E-state index in [9.17, 15) is 17.5 Å². The van der Waals surface area contributed by atoms with E-state index in [1.54, 1.807) is 24.3 Å². The molecular formula is C12H8O5S2-2. The van der Waals surface area contributed by atoms with Gasteiger partial charge < -0.3 is 13.8 Å². The SMILES string of the molecule is O=S([O-])c1ccccc1Oc1ccccc1S(=O)[O-]. The summed E-state index contributed by atoms with van der Waals surface area (Å²) in [5, 5.41) is 0. The van der Waals surface area contributed by atoms with Crippen LogP contribution in [0.2, 0.25) is 0 Å². The minimum Gasteiger partial charge on any atom is -0.768 e. The number of hydrogen-bond donors (Lipinski definition) is 0. The van der Waals surface area contributed by atoms with Crippen LogP contribution in [0.5, 0.6) is 11.5 Å². The van der Waals surface area contributed by atoms with Crippen molar-refractivity contribution in [2.24, 2.45) is 0 Å². The highest BCUT2D eigenvalue weighted by molar-refractivity contribution is 7.79. The van der Waals surface area contributed by atoms with Crippen LogP contribution in [0, 0.1) is 0 Å². The van der Waals surface area contributed by atoms with Crippen LogP contribution >= 0.6 is 0 Å². The minimum atomic E-state index is -2.46. The van der Waals surface area contributed by atoms with E-state index in [4.69, 9.17) is 4.74 Å². The van der Waals surface area contributed by atoms with Crippen LogP contribution in [0.25, 0.3) is 0 Å². The largest absolute Gasteiger partial charge is 0.768 e. The number of benzene rings is 2. The minimum absolute atomic E-state index is 0.0333. The molecule has 2 atom stereocenters. The van der Waals surface area contributed by atoms with Gasteiger partial charge in [0.25, 0.3) is 0 Å². The molecule has 2 aromatic carbocycles. The van der Waals surface area contributed by atoms with E-state index in [1.807, 2.05) is 0 Å². The molecule has 0 spiro atoms. The van der Waals surface area contributed by atoms with Gasteiger partial charge in [0.15, 0.2) is 0 Å². The van der Waals surface area contributed by atoms with Gasteiger partial charge in [0, 0.05) is 0 Å². The molecule has 0 heterocycles. The highest BCUT2D eigenvalue weighted by Crippen LogP contribution is 2.30. The maximum absolute atomic E-state index is 11.0. The first-order chi connectivity index (χ1) is 9.09. The number of para-hydroxylation sites is 2. The zero-order valence-electron chi connectivity index (χ0n) is 9.48. The summed E-state index contributed by atoms with van der Waals surface area (Å²) < 4.78 is 49.5. The van der Waals surface area contributed by atoms with Crippen LogP contribution in [0.3, 0.4) is 0 Å². The number of ether oxygens (including phenoxy) is 1. The van der Waals surface area contributed by atoms with Crippen molar-refractivity contribution in [2.75, 3.05) is 0 Å². The fourth-order valence-electron chi connectivity index (χ4n) is 1.46. The third kappa shape index (κ3) is 3.27. The van der Waals surface area contributed by atoms with Crippen molar-refractivity contribution < 1.29 is 22.3 Å². The topological polar surface area (TPSA) is 89.5 Å². The van der Waals surface area contributed by atoms with Crippen LogP contribution in [0.4, 0.5) is 0 Å². The first kappa shape index (κ1) is 13.9. The molecule has 0 saturated heterocycles. The summed E-state index contributed by atoms with van der Waals surface area (Å²) in [5.41, 5.74) is 0. The predicted molar refractivity (Wildman–Crippen MR) is 67.3 cm³/mol. The summed E-state index contributed by atoms with van der Waals surface area (Å²) in [6.45, 7) is 0. The zero-order chi connectivity index (χ0) is 13.8. The summed E-state index contributed by atoms with van der Waals surface area (Å²) in [6.07, 6.45) is 0. The van der Waals surface area contributed by atoms with Gasteiger partial charge in [-0.2, -0.15) is 0 Å². The molecule has 2 unspecified atom stereocenters. The molecule has 2 aromatic rings. The van der Waals surface area contributed by atoms with Gasteiger partial charge in [-0.05, 0) is 46.4 Å². The first-order valence-corrected chi connectivity index (χ1v) is 7.29. The Kier molecular flexibility index (Phi) is 4.43. The van der Waals surface area contributed by atoms with Crippen molar-refractivity contribution in [1.82, 2.24) is 0 Å². The van der Waals surface area contributed by atoms with Crippen molar-refractivity contribution >= 4 is 22.2 Å². The Morgan fingerprint density at radius 1 is 0.737 bits per heavy atom. The monoisotopic (exact) mass is 296 g/mol. The molecule has 0 N–H and O–H groups in total. The van der Waals surface area contributed by atoms with E-state index in [0.717, 1.165) is 0 Å². The van der Waals surface area contributed by atoms with Crippen molar-refractivity contribution in [1.29, 1.82) is 0 Å². The average Bonchev–Trinajstić information content (AvgIpc) is 2.39. The van der Waals surface area contributed by atoms with Crippen LogP contribution < -0.4 is 4.74 Å². The molecule has 7 heteroatoms. The van der Waals surface area contributed by atoms with E-state index in [2.05, 4.69) is 0 Å². The van der Waals surface area contributed by atoms with E-state index in [1.165, 1.54) is 24.3 Å². The second kappa shape index (κ2) is 6.07. The number of hydrogen-bond acceptors (Lipinski definition) is 5. The van der Waals surface area contributed by atoms with Gasteiger partial charge >= 0.3 is 0 Å². The van der Waals surface area contributed by atoms with Gasteiger partial charge in [0.05, 0.1) is 9.79 Å². The molecule has 0 aliphatic heterocycles. The molecule has 0 saturated carbocycles. The Labute approximate surface area is 114 Å². The Morgan fingerprint density at radius 2 is 1.11 bits per heavy atom. The number of rotatable bonds is 4. The molecule has 0 fully saturated rings. The molecule has 0 aliphatic carbocycles. The standard InChI is InChI=1S/C12H10O5S2/c13-18(14)11-7-3-1-5-9(11)17-10-6-2-4-8-12(10)19(15)16/h1-8H,(H,13,14)(H,15,16)/p-2. The van der Waals surface area contributed by atoms with Crippen molar-refractivity contribution in [2.45, 2.75) is 9.79 Å². The fraction of sp³-hybridized carbons (Fsp3) is 0. The maximum Gasteiger partial charge on any atom is 0.142 e. The van der Waals surface area contributed by atoms with Gasteiger partial charge in [-0.1, -0.05) is 24.3 Å². The highest BCUT2D eigenvalue weighted by atomic mass is 32.2. The van der Waals surface area contributed by atoms with Gasteiger partial charge in [0.2, 0.25) is 0 Å². The zero-order valence-corrected chi connectivity index (χ0v) is 11.1. The molecule has 5 nitrogen and oxygen atoms in total. The average molecular weight is 296 g/mol. The van der Waals surface area contributed by atoms with Gasteiger partial charge in [0.1, 0.15) is 11.5 Å². The van der Waals surface area contributed by atoms with E-state index < -0.39 is 22.2 Å². The summed E-state index contributed by atoms with van der Waals surface area (Å²) in [5.74, 6) is 0.155. The Bertz CT molecular complexity index is 586. The fourth-order valence-corrected chi connectivity index (χ4v) is 2.39. The lowest BCUT2D eigenvalue weighted by atomic mass is 10.3. The predicted octanol–water partition coefficient (Wildman–Crippen LogP) is 1.95. The lowest BCUT2D eigenvalue weighted by Gasteiger charge is -2.15. The van der Waals surface area contributed by atoms with Gasteiger partial charge in [-0.3, -0.25) is 8.42 Å². The van der Waals surface area contributed by atoms with Crippen molar-refractivity contribution in [3.8, 4) is 11.5 Å². The maximum atomic E-state index is 11.0. The quantitative estimate of drug-likeness (QED) is 0.804. The molecule has 0 aliphatic rings. The van der Waals surface area contributed by atoms with Crippen LogP contribution in [0.15, 0.2) is 58.3 Å². The summed E-state index contributed by atoms with van der Waals surface area (Å²) >= 11 is -4.92. The molecule has 0 bridgehead atoms. The molecule has 100 valence electrons. The van der Waals surface area contributed by atoms with Crippen LogP contribution in [-0.2, 0) is 22.2 Å². The molecule has 0 radical (unpaired) electrons. The van der Waals surface area contributed by atoms with Gasteiger partial charge in [-0.15, -0.1) is 0 Å². The highest BCUT2D eigenvalue weighted by Gasteiger charge is 2.08. The first-order valence-electron chi connectivity index (χ1n) is 5.14. The van der Waals surface area contributed by atoms with E-state index in [0.29, 0.717) is 0 Å². The molecule has 2 rings (SSSR count). The van der Waals surface area contributed by atoms with Crippen LogP contribution in [-0.4, -0.2) is 17.5 Å². The lowest BCUT2D eigenvalue weighted by molar-refractivity contribution is 0.448. The second-order valence-corrected chi connectivity index (χ2v) is 5.28. The molecule has 0 aromatic heterocycles. The second-order valence-electron chi connectivity index (χ2n) is 3.46. The third-order valence-corrected chi connectivity index (χ3v) is 3.67. The van der Waals surface area contributed by atoms with Crippen molar-refractivity contribution in [3.05, 3.63) is 48.5 Å². The third-order valence-electron chi connectivity index (χ3n) is 2.28. The summed E-state index contributed by atoms with van der Waals surface area (Å²) in [4.78, 5) is -0.0667. The Hall–Kier alpha value is -1.54. The summed E-state index contributed by atoms with van der Waals surface area (Å²) in [7, 11) is 0. The normalized spacial score (nSPS) is 13.8. The van der Waals surface area contributed by atoms with E-state index in [-0.39, 0.29) is 21.3 Å².